The van der Waals surface area contributed by atoms with Crippen molar-refractivity contribution in [2.75, 3.05) is 13.2 Å². The van der Waals surface area contributed by atoms with Gasteiger partial charge in [0.15, 0.2) is 0 Å². The van der Waals surface area contributed by atoms with Gasteiger partial charge in [-0.2, -0.15) is 0 Å². The number of nitrogens with one attached hydrogen (secondary N) is 1. The molecule has 0 saturated heterocycles. The van der Waals surface area contributed by atoms with Crippen LogP contribution in [0.3, 0.4) is 0 Å². The molecule has 9 heteroatoms. The Morgan fingerprint density at radius 2 is 2.13 bits per heavy atom. The van der Waals surface area contributed by atoms with Gasteiger partial charge in [0.2, 0.25) is 5.71 Å². The van der Waals surface area contributed by atoms with Gasteiger partial charge in [0.25, 0.3) is 0 Å². The molecule has 1 rings (SSSR count). The molecule has 1 aromatic heterocycles. The molecule has 0 fully saturated rings. The zero-order valence-electron chi connectivity index (χ0n) is 13.1. The molecule has 0 spiro atoms. The Morgan fingerprint density at radius 1 is 1.43 bits per heavy atom. The molecule has 1 unspecified atom stereocenters. The van der Waals surface area contributed by atoms with Crippen LogP contribution in [0.15, 0.2) is 22.7 Å². The molecule has 1 aromatic rings. The van der Waals surface area contributed by atoms with Crippen molar-refractivity contribution in [1.29, 1.82) is 0 Å². The van der Waals surface area contributed by atoms with Crippen molar-refractivity contribution < 1.29 is 29.4 Å². The lowest BCUT2D eigenvalue weighted by molar-refractivity contribution is -0.129. The average Bonchev–Trinajstić information content (AvgIpc) is 2.93. The highest BCUT2D eigenvalue weighted by Crippen LogP contribution is 2.11. The van der Waals surface area contributed by atoms with Gasteiger partial charge < -0.3 is 25.1 Å². The number of hydrogen-bond acceptors (Lipinski definition) is 7. The molecule has 0 radical (unpaired) electrons. The minimum atomic E-state index is -1.23. The van der Waals surface area contributed by atoms with Crippen molar-refractivity contribution in [3.8, 4) is 0 Å². The van der Waals surface area contributed by atoms with Gasteiger partial charge in [-0.25, -0.2) is 9.59 Å². The third-order valence-corrected chi connectivity index (χ3v) is 3.21. The summed E-state index contributed by atoms with van der Waals surface area (Å²) in [6.45, 7) is 4.53. The number of ether oxygens (including phenoxy) is 1. The quantitative estimate of drug-likeness (QED) is 0.509. The second kappa shape index (κ2) is 8.49. The number of carboxylic acid groups (broad SMARTS) is 1. The summed E-state index contributed by atoms with van der Waals surface area (Å²) < 4.78 is 5.05. The summed E-state index contributed by atoms with van der Waals surface area (Å²) in [7, 11) is 0. The Morgan fingerprint density at radius 3 is 2.61 bits per heavy atom. The predicted octanol–water partition coefficient (Wildman–Crippen LogP) is 1.44. The fraction of sp³-hybridized carbons (Fsp3) is 0.500. The Hall–Kier alpha value is -2.13. The van der Waals surface area contributed by atoms with Gasteiger partial charge in [-0.3, -0.25) is 0 Å². The highest BCUT2D eigenvalue weighted by molar-refractivity contribution is 7.13. The van der Waals surface area contributed by atoms with E-state index in [4.69, 9.17) is 14.7 Å². The maximum absolute atomic E-state index is 11.6. The van der Waals surface area contributed by atoms with Crippen LogP contribution in [-0.2, 0) is 14.4 Å². The van der Waals surface area contributed by atoms with Gasteiger partial charge in [0, 0.05) is 0 Å². The van der Waals surface area contributed by atoms with Crippen LogP contribution >= 0.6 is 11.3 Å². The van der Waals surface area contributed by atoms with Crippen LogP contribution in [0, 0.1) is 0 Å². The van der Waals surface area contributed by atoms with E-state index in [-0.39, 0.29) is 12.3 Å². The number of carbonyl (C=O) groups excluding carboxylic acids is 1. The first kappa shape index (κ1) is 18.9. The average molecular weight is 344 g/mol. The normalized spacial score (nSPS) is 13.3. The van der Waals surface area contributed by atoms with E-state index in [0.717, 1.165) is 0 Å². The number of rotatable bonds is 7. The molecule has 0 aliphatic heterocycles. The van der Waals surface area contributed by atoms with Crippen molar-refractivity contribution >= 4 is 29.1 Å². The molecule has 0 bridgehead atoms. The SMILES string of the molecule is CC(C)(C)OC(=O)NC(CO)CO/N=C(\C(=O)O)c1cccs1. The summed E-state index contributed by atoms with van der Waals surface area (Å²) in [6.07, 6.45) is -0.708. The van der Waals surface area contributed by atoms with Crippen molar-refractivity contribution in [1.82, 2.24) is 5.32 Å². The van der Waals surface area contributed by atoms with E-state index in [1.165, 1.54) is 11.3 Å². The molecule has 1 amide bonds. The van der Waals surface area contributed by atoms with E-state index in [9.17, 15) is 14.7 Å². The van der Waals surface area contributed by atoms with E-state index in [1.807, 2.05) is 0 Å². The Bertz CT molecular complexity index is 550. The highest BCUT2D eigenvalue weighted by atomic mass is 32.1. The van der Waals surface area contributed by atoms with Crippen LogP contribution in [-0.4, -0.2) is 52.8 Å². The van der Waals surface area contributed by atoms with Gasteiger partial charge >= 0.3 is 12.1 Å². The minimum absolute atomic E-state index is 0.197. The lowest BCUT2D eigenvalue weighted by Gasteiger charge is -2.22. The highest BCUT2D eigenvalue weighted by Gasteiger charge is 2.20. The van der Waals surface area contributed by atoms with Gasteiger partial charge in [-0.15, -0.1) is 11.3 Å². The Balaban J connectivity index is 2.58. The number of carbonyl (C=O) groups is 2. The molecular weight excluding hydrogens is 324 g/mol. The second-order valence-corrected chi connectivity index (χ2v) is 6.49. The van der Waals surface area contributed by atoms with E-state index in [2.05, 4.69) is 10.5 Å². The molecule has 128 valence electrons. The number of thiophene rings is 1. The van der Waals surface area contributed by atoms with E-state index < -0.39 is 30.3 Å². The summed E-state index contributed by atoms with van der Waals surface area (Å²) in [5.41, 5.74) is -0.910. The van der Waals surface area contributed by atoms with Crippen LogP contribution in [0.4, 0.5) is 4.79 Å². The van der Waals surface area contributed by atoms with E-state index in [0.29, 0.717) is 4.88 Å². The number of aliphatic hydroxyl groups is 1. The predicted molar refractivity (Wildman–Crippen MR) is 84.7 cm³/mol. The minimum Gasteiger partial charge on any atom is -0.476 e. The number of alkyl carbamates (subject to hydrolysis) is 1. The molecule has 0 aliphatic carbocycles. The first-order valence-electron chi connectivity index (χ1n) is 6.80. The van der Waals surface area contributed by atoms with Crippen molar-refractivity contribution in [2.24, 2.45) is 5.16 Å². The standard InChI is InChI=1S/C14H20N2O6S/c1-14(2,3)22-13(20)15-9(7-17)8-21-16-11(12(18)19)10-5-4-6-23-10/h4-6,9,17H,7-8H2,1-3H3,(H,15,20)(H,18,19)/b16-11-. The third-order valence-electron chi connectivity index (χ3n) is 2.33. The summed E-state index contributed by atoms with van der Waals surface area (Å²) in [5.74, 6) is -1.23. The number of nitrogens with zero attached hydrogens (tertiary/aromatic N) is 1. The fourth-order valence-corrected chi connectivity index (χ4v) is 2.11. The lowest BCUT2D eigenvalue weighted by Crippen LogP contribution is -2.43. The lowest BCUT2D eigenvalue weighted by atomic mass is 10.2. The number of carboxylic acids is 1. The van der Waals surface area contributed by atoms with Gasteiger partial charge in [-0.1, -0.05) is 11.2 Å². The second-order valence-electron chi connectivity index (χ2n) is 5.54. The van der Waals surface area contributed by atoms with Crippen LogP contribution in [0.1, 0.15) is 25.6 Å². The summed E-state index contributed by atoms with van der Waals surface area (Å²) in [5, 5.41) is 26.0. The van der Waals surface area contributed by atoms with E-state index in [1.54, 1.807) is 38.3 Å². The van der Waals surface area contributed by atoms with Crippen LogP contribution < -0.4 is 5.32 Å². The first-order chi connectivity index (χ1) is 10.7. The number of hydrogen-bond donors (Lipinski definition) is 3. The molecule has 0 aliphatic rings. The van der Waals surface area contributed by atoms with Crippen LogP contribution in [0.2, 0.25) is 0 Å². The van der Waals surface area contributed by atoms with Crippen molar-refractivity contribution in [3.63, 3.8) is 0 Å². The van der Waals surface area contributed by atoms with Crippen molar-refractivity contribution in [2.45, 2.75) is 32.4 Å². The molecule has 1 atom stereocenters. The number of oxime groups is 1. The van der Waals surface area contributed by atoms with Crippen LogP contribution in [0.5, 0.6) is 0 Å². The molecule has 1 heterocycles. The Kier molecular flexibility index (Phi) is 6.98. The van der Waals surface area contributed by atoms with Crippen LogP contribution in [0.25, 0.3) is 0 Å². The third kappa shape index (κ3) is 7.11. The first-order valence-corrected chi connectivity index (χ1v) is 7.68. The zero-order chi connectivity index (χ0) is 17.5. The molecule has 23 heavy (non-hydrogen) atoms. The molecule has 3 N–H and O–H groups in total. The topological polar surface area (TPSA) is 117 Å². The molecule has 0 saturated carbocycles. The maximum Gasteiger partial charge on any atom is 0.408 e. The molecule has 0 aromatic carbocycles. The smallest absolute Gasteiger partial charge is 0.408 e. The van der Waals surface area contributed by atoms with Crippen molar-refractivity contribution in [3.05, 3.63) is 22.4 Å². The van der Waals surface area contributed by atoms with Gasteiger partial charge in [0.05, 0.1) is 17.5 Å². The molecular formula is C14H20N2O6S. The molecule has 8 nitrogen and oxygen atoms in total. The largest absolute Gasteiger partial charge is 0.476 e. The zero-order valence-corrected chi connectivity index (χ0v) is 13.9. The number of amides is 1. The summed E-state index contributed by atoms with van der Waals surface area (Å²) in [4.78, 5) is 28.1. The fourth-order valence-electron chi connectivity index (χ4n) is 1.41. The monoisotopic (exact) mass is 344 g/mol. The van der Waals surface area contributed by atoms with Gasteiger partial charge in [0.1, 0.15) is 12.2 Å². The summed E-state index contributed by atoms with van der Waals surface area (Å²) in [6, 6.07) is 2.52. The van der Waals surface area contributed by atoms with E-state index >= 15 is 0 Å². The Labute approximate surface area is 137 Å². The van der Waals surface area contributed by atoms with Gasteiger partial charge in [-0.05, 0) is 32.2 Å². The number of aliphatic carboxylic acids is 1. The maximum atomic E-state index is 11.6. The number of aliphatic hydroxyl groups excluding tert-OH is 1. The summed E-state index contributed by atoms with van der Waals surface area (Å²) >= 11 is 1.21.